The fourth-order valence-corrected chi connectivity index (χ4v) is 9.72. The van der Waals surface area contributed by atoms with Gasteiger partial charge in [-0.25, -0.2) is 0 Å². The molecule has 0 amide bonds. The Kier molecular flexibility index (Phi) is 8.83. The summed E-state index contributed by atoms with van der Waals surface area (Å²) in [6.45, 7) is 25.6. The van der Waals surface area contributed by atoms with Crippen LogP contribution in [-0.2, 0) is 16.2 Å². The Morgan fingerprint density at radius 1 is 0.475 bits per heavy atom. The van der Waals surface area contributed by atoms with E-state index < -0.39 is 0 Å². The van der Waals surface area contributed by atoms with Crippen molar-refractivity contribution in [3.8, 4) is 11.1 Å². The van der Waals surface area contributed by atoms with Crippen LogP contribution in [0.2, 0.25) is 0 Å². The Balaban J connectivity index is 1.23. The number of hydrogen-bond acceptors (Lipinski definition) is 3. The van der Waals surface area contributed by atoms with E-state index >= 15 is 0 Å². The summed E-state index contributed by atoms with van der Waals surface area (Å²) < 4.78 is 6.51. The minimum atomic E-state index is -0.0185. The first kappa shape index (κ1) is 39.2. The molecule has 0 bridgehead atoms. The molecule has 0 N–H and O–H groups in total. The second kappa shape index (κ2) is 13.8. The largest absolute Gasteiger partial charge is 0.455 e. The Labute approximate surface area is 363 Å². The Morgan fingerprint density at radius 3 is 1.49 bits per heavy atom. The predicted octanol–water partition coefficient (Wildman–Crippen LogP) is 14.4. The predicted molar refractivity (Wildman–Crippen MR) is 263 cm³/mol. The standard InChI is InChI=1S/C57H57BN2O/c1-35(2)37-31-50-53-51(32-37)60(42-27-21-38(22-28-42)55(3,4)5)49-30-24-40(57(9,10)11)34-47(49)58(53)46-33-39(56(6,7)8)23-29-48(46)59(50)41-25-19-36(20-26-41)43-16-14-17-45-44-15-12-13-18-52(44)61-54(43)45/h12-35H,1-11H3. The zero-order chi connectivity index (χ0) is 42.7. The topological polar surface area (TPSA) is 19.6 Å². The molecule has 0 spiro atoms. The Bertz CT molecular complexity index is 3000. The van der Waals surface area contributed by atoms with Crippen molar-refractivity contribution >= 4 is 79.2 Å². The highest BCUT2D eigenvalue weighted by atomic mass is 16.3. The minimum Gasteiger partial charge on any atom is -0.455 e. The molecule has 3 nitrogen and oxygen atoms in total. The molecule has 0 saturated heterocycles. The van der Waals surface area contributed by atoms with Gasteiger partial charge in [-0.1, -0.05) is 161 Å². The average molecular weight is 797 g/mol. The maximum absolute atomic E-state index is 6.51. The van der Waals surface area contributed by atoms with E-state index in [2.05, 4.69) is 219 Å². The van der Waals surface area contributed by atoms with E-state index in [1.807, 2.05) is 6.07 Å². The van der Waals surface area contributed by atoms with Gasteiger partial charge < -0.3 is 14.2 Å². The fraction of sp³-hybridized carbons (Fsp3) is 0.263. The van der Waals surface area contributed by atoms with Gasteiger partial charge in [0.05, 0.1) is 0 Å². The maximum atomic E-state index is 6.51. The summed E-state index contributed by atoms with van der Waals surface area (Å²) in [6.07, 6.45) is 0. The van der Waals surface area contributed by atoms with Crippen molar-refractivity contribution in [2.45, 2.75) is 98.3 Å². The van der Waals surface area contributed by atoms with Gasteiger partial charge in [-0.05, 0) is 121 Å². The molecular formula is C57H57BN2O. The second-order valence-electron chi connectivity index (χ2n) is 20.9. The van der Waals surface area contributed by atoms with Crippen LogP contribution in [-0.4, -0.2) is 6.71 Å². The molecule has 3 heterocycles. The highest BCUT2D eigenvalue weighted by Crippen LogP contribution is 2.47. The lowest BCUT2D eigenvalue weighted by molar-refractivity contribution is 0.590. The highest BCUT2D eigenvalue weighted by Gasteiger charge is 2.44. The van der Waals surface area contributed by atoms with Gasteiger partial charge in [-0.2, -0.15) is 0 Å². The number of para-hydroxylation sites is 2. The summed E-state index contributed by atoms with van der Waals surface area (Å²) in [5, 5.41) is 2.29. The first-order valence-electron chi connectivity index (χ1n) is 22.2. The van der Waals surface area contributed by atoms with Crippen molar-refractivity contribution in [2.75, 3.05) is 9.80 Å². The lowest BCUT2D eigenvalue weighted by Gasteiger charge is -2.45. The normalized spacial score (nSPS) is 13.9. The van der Waals surface area contributed by atoms with Crippen LogP contribution in [0, 0.1) is 0 Å². The summed E-state index contributed by atoms with van der Waals surface area (Å²) in [6, 6.07) is 52.9. The quantitative estimate of drug-likeness (QED) is 0.165. The van der Waals surface area contributed by atoms with Crippen LogP contribution in [0.5, 0.6) is 0 Å². The van der Waals surface area contributed by atoms with Crippen LogP contribution in [0.4, 0.5) is 34.1 Å². The lowest BCUT2D eigenvalue weighted by Crippen LogP contribution is -2.61. The molecule has 0 radical (unpaired) electrons. The number of benzene rings is 7. The summed E-state index contributed by atoms with van der Waals surface area (Å²) in [5.74, 6) is 0.327. The molecule has 0 atom stereocenters. The first-order chi connectivity index (χ1) is 29.0. The van der Waals surface area contributed by atoms with E-state index in [0.29, 0.717) is 5.92 Å². The number of furan rings is 1. The molecule has 2 aliphatic rings. The zero-order valence-electron chi connectivity index (χ0n) is 37.7. The van der Waals surface area contributed by atoms with Crippen LogP contribution in [0.3, 0.4) is 0 Å². The molecular weight excluding hydrogens is 739 g/mol. The van der Waals surface area contributed by atoms with E-state index in [-0.39, 0.29) is 23.0 Å². The molecule has 0 aliphatic carbocycles. The molecule has 61 heavy (non-hydrogen) atoms. The third-order valence-corrected chi connectivity index (χ3v) is 13.3. The van der Waals surface area contributed by atoms with Gasteiger partial charge in [0.1, 0.15) is 11.2 Å². The maximum Gasteiger partial charge on any atom is 0.252 e. The fourth-order valence-electron chi connectivity index (χ4n) is 9.72. The molecule has 8 aromatic rings. The second-order valence-corrected chi connectivity index (χ2v) is 20.9. The van der Waals surface area contributed by atoms with E-state index in [0.717, 1.165) is 38.8 Å². The monoisotopic (exact) mass is 796 g/mol. The smallest absolute Gasteiger partial charge is 0.252 e. The number of fused-ring (bicyclic) bond motifs is 7. The number of hydrogen-bond donors (Lipinski definition) is 0. The summed E-state index contributed by atoms with van der Waals surface area (Å²) in [7, 11) is 0. The minimum absolute atomic E-state index is 0.00986. The van der Waals surface area contributed by atoms with Crippen molar-refractivity contribution in [3.05, 3.63) is 162 Å². The Morgan fingerprint density at radius 2 is 0.967 bits per heavy atom. The van der Waals surface area contributed by atoms with Gasteiger partial charge in [0, 0.05) is 50.5 Å². The van der Waals surface area contributed by atoms with Crippen molar-refractivity contribution in [3.63, 3.8) is 0 Å². The molecule has 7 aromatic carbocycles. The average Bonchev–Trinajstić information content (AvgIpc) is 3.61. The molecule has 0 unspecified atom stereocenters. The number of nitrogens with zero attached hydrogens (tertiary/aromatic N) is 2. The third kappa shape index (κ3) is 6.41. The van der Waals surface area contributed by atoms with E-state index in [1.165, 1.54) is 67.1 Å². The molecule has 304 valence electrons. The molecule has 0 fully saturated rings. The van der Waals surface area contributed by atoms with E-state index in [4.69, 9.17) is 4.42 Å². The lowest BCUT2D eigenvalue weighted by atomic mass is 9.33. The van der Waals surface area contributed by atoms with E-state index in [1.54, 1.807) is 0 Å². The van der Waals surface area contributed by atoms with Crippen molar-refractivity contribution in [1.82, 2.24) is 0 Å². The van der Waals surface area contributed by atoms with Gasteiger partial charge in [0.2, 0.25) is 0 Å². The van der Waals surface area contributed by atoms with Crippen molar-refractivity contribution in [2.24, 2.45) is 0 Å². The van der Waals surface area contributed by atoms with E-state index in [9.17, 15) is 0 Å². The number of anilines is 6. The Hall–Kier alpha value is -6.00. The molecule has 1 aromatic heterocycles. The van der Waals surface area contributed by atoms with Crippen molar-refractivity contribution in [1.29, 1.82) is 0 Å². The highest BCUT2D eigenvalue weighted by molar-refractivity contribution is 7.00. The zero-order valence-corrected chi connectivity index (χ0v) is 37.7. The van der Waals surface area contributed by atoms with Crippen molar-refractivity contribution < 1.29 is 4.42 Å². The van der Waals surface area contributed by atoms with Crippen LogP contribution >= 0.6 is 0 Å². The van der Waals surface area contributed by atoms with Crippen LogP contribution in [0.15, 0.2) is 144 Å². The van der Waals surface area contributed by atoms with Crippen LogP contribution in [0.1, 0.15) is 104 Å². The van der Waals surface area contributed by atoms with Crippen LogP contribution in [0.25, 0.3) is 33.1 Å². The molecule has 4 heteroatoms. The van der Waals surface area contributed by atoms with Gasteiger partial charge in [-0.3, -0.25) is 0 Å². The van der Waals surface area contributed by atoms with Gasteiger partial charge in [0.15, 0.2) is 0 Å². The summed E-state index contributed by atoms with van der Waals surface area (Å²) >= 11 is 0. The number of rotatable bonds is 4. The van der Waals surface area contributed by atoms with Gasteiger partial charge in [-0.15, -0.1) is 0 Å². The first-order valence-corrected chi connectivity index (χ1v) is 22.2. The van der Waals surface area contributed by atoms with Crippen LogP contribution < -0.4 is 26.2 Å². The van der Waals surface area contributed by atoms with Gasteiger partial charge in [0.25, 0.3) is 6.71 Å². The summed E-state index contributed by atoms with van der Waals surface area (Å²) in [4.78, 5) is 5.11. The summed E-state index contributed by atoms with van der Waals surface area (Å²) in [5.41, 5.74) is 20.9. The molecule has 0 saturated carbocycles. The SMILES string of the molecule is CC(C)c1cc2c3c(c1)N(c1ccc(C(C)(C)C)cc1)c1ccc(C(C)(C)C)cc1B3c1cc(C(C)(C)C)ccc1N2c1ccc(-c2cccc3c2oc2ccccc23)cc1. The van der Waals surface area contributed by atoms with Gasteiger partial charge >= 0.3 is 0 Å². The third-order valence-electron chi connectivity index (χ3n) is 13.3. The molecule has 10 rings (SSSR count). The molecule has 2 aliphatic heterocycles.